The predicted molar refractivity (Wildman–Crippen MR) is 68.4 cm³/mol. The van der Waals surface area contributed by atoms with E-state index in [4.69, 9.17) is 4.74 Å². The summed E-state index contributed by atoms with van der Waals surface area (Å²) in [6.45, 7) is 0. The fraction of sp³-hybridized carbons (Fsp3) is 0.250. The van der Waals surface area contributed by atoms with Crippen molar-refractivity contribution in [3.05, 3.63) is 59.7 Å². The van der Waals surface area contributed by atoms with Crippen LogP contribution in [0.5, 0.6) is 11.5 Å². The molecule has 1 nitrogen and oxygen atoms in total. The van der Waals surface area contributed by atoms with E-state index in [0.717, 1.165) is 11.5 Å². The van der Waals surface area contributed by atoms with Crippen molar-refractivity contribution in [1.29, 1.82) is 0 Å². The van der Waals surface area contributed by atoms with E-state index >= 15 is 0 Å². The lowest BCUT2D eigenvalue weighted by Gasteiger charge is -2.16. The summed E-state index contributed by atoms with van der Waals surface area (Å²) in [5.74, 6) is 1.82. The van der Waals surface area contributed by atoms with Crippen LogP contribution in [-0.2, 0) is 12.8 Å². The standard InChI is InChI=1S/C16H15O/c1-2-8-15(9-3-1)17-16-11-10-13-6-4-5-7-14(13)12-16/h2-3,8-12H,4-7H2. The van der Waals surface area contributed by atoms with Gasteiger partial charge in [0.25, 0.3) is 0 Å². The van der Waals surface area contributed by atoms with Crippen molar-refractivity contribution >= 4 is 0 Å². The third-order valence-corrected chi connectivity index (χ3v) is 3.24. The topological polar surface area (TPSA) is 9.23 Å². The zero-order valence-electron chi connectivity index (χ0n) is 9.78. The van der Waals surface area contributed by atoms with Crippen LogP contribution in [0.1, 0.15) is 24.0 Å². The van der Waals surface area contributed by atoms with Crippen LogP contribution >= 0.6 is 0 Å². The molecule has 1 aliphatic carbocycles. The van der Waals surface area contributed by atoms with Gasteiger partial charge >= 0.3 is 0 Å². The Hall–Kier alpha value is -1.76. The first-order chi connectivity index (χ1) is 8.42. The highest BCUT2D eigenvalue weighted by Crippen LogP contribution is 2.28. The summed E-state index contributed by atoms with van der Waals surface area (Å²) < 4.78 is 5.82. The van der Waals surface area contributed by atoms with Crippen molar-refractivity contribution in [2.75, 3.05) is 0 Å². The average Bonchev–Trinajstić information content (AvgIpc) is 2.40. The molecule has 85 valence electrons. The van der Waals surface area contributed by atoms with E-state index in [1.807, 2.05) is 24.3 Å². The van der Waals surface area contributed by atoms with E-state index in [9.17, 15) is 0 Å². The van der Waals surface area contributed by atoms with E-state index < -0.39 is 0 Å². The molecule has 1 radical (unpaired) electrons. The van der Waals surface area contributed by atoms with Crippen molar-refractivity contribution in [1.82, 2.24) is 0 Å². The summed E-state index contributed by atoms with van der Waals surface area (Å²) in [7, 11) is 0. The number of aryl methyl sites for hydroxylation is 2. The van der Waals surface area contributed by atoms with Gasteiger partial charge in [0.15, 0.2) is 0 Å². The number of benzene rings is 2. The maximum absolute atomic E-state index is 5.82. The summed E-state index contributed by atoms with van der Waals surface area (Å²) in [6.07, 6.45) is 5.03. The highest BCUT2D eigenvalue weighted by Gasteiger charge is 2.09. The molecule has 0 saturated heterocycles. The molecule has 2 aromatic carbocycles. The largest absolute Gasteiger partial charge is 0.457 e. The fourth-order valence-electron chi connectivity index (χ4n) is 2.35. The Bertz CT molecular complexity index is 502. The van der Waals surface area contributed by atoms with Gasteiger partial charge in [0.05, 0.1) is 0 Å². The second-order valence-electron chi connectivity index (χ2n) is 4.48. The van der Waals surface area contributed by atoms with Crippen LogP contribution in [0.2, 0.25) is 0 Å². The molecule has 0 fully saturated rings. The smallest absolute Gasteiger partial charge is 0.127 e. The Kier molecular flexibility index (Phi) is 2.83. The maximum atomic E-state index is 5.82. The highest BCUT2D eigenvalue weighted by atomic mass is 16.5. The molecule has 0 amide bonds. The molecular formula is C16H15O. The van der Waals surface area contributed by atoms with Gasteiger partial charge in [-0.05, 0) is 67.1 Å². The molecule has 0 atom stereocenters. The van der Waals surface area contributed by atoms with E-state index in [-0.39, 0.29) is 0 Å². The lowest BCUT2D eigenvalue weighted by molar-refractivity contribution is 0.480. The first-order valence-corrected chi connectivity index (χ1v) is 6.17. The number of rotatable bonds is 2. The SMILES string of the molecule is [c]1ccc(Oc2ccc3c(c2)CCCC3)cc1. The maximum Gasteiger partial charge on any atom is 0.127 e. The third-order valence-electron chi connectivity index (χ3n) is 3.24. The number of hydrogen-bond donors (Lipinski definition) is 0. The third kappa shape index (κ3) is 2.33. The molecule has 17 heavy (non-hydrogen) atoms. The molecule has 0 heterocycles. The summed E-state index contributed by atoms with van der Waals surface area (Å²) in [6, 6.07) is 17.0. The van der Waals surface area contributed by atoms with Crippen molar-refractivity contribution in [2.45, 2.75) is 25.7 Å². The molecule has 1 heteroatoms. The van der Waals surface area contributed by atoms with Crippen molar-refractivity contribution < 1.29 is 4.74 Å². The zero-order chi connectivity index (χ0) is 11.5. The van der Waals surface area contributed by atoms with Crippen molar-refractivity contribution in [3.63, 3.8) is 0 Å². The summed E-state index contributed by atoms with van der Waals surface area (Å²) in [5.41, 5.74) is 2.95. The van der Waals surface area contributed by atoms with E-state index in [1.54, 1.807) is 0 Å². The van der Waals surface area contributed by atoms with Gasteiger partial charge in [0, 0.05) is 0 Å². The second kappa shape index (κ2) is 4.62. The Morgan fingerprint density at radius 2 is 1.59 bits per heavy atom. The number of fused-ring (bicyclic) bond motifs is 1. The molecule has 0 bridgehead atoms. The lowest BCUT2D eigenvalue weighted by atomic mass is 9.92. The van der Waals surface area contributed by atoms with Crippen LogP contribution in [0.3, 0.4) is 0 Å². The normalized spacial score (nSPS) is 14.1. The van der Waals surface area contributed by atoms with Gasteiger partial charge < -0.3 is 4.74 Å². The molecule has 0 aromatic heterocycles. The summed E-state index contributed by atoms with van der Waals surface area (Å²) in [4.78, 5) is 0. The minimum atomic E-state index is 0.875. The summed E-state index contributed by atoms with van der Waals surface area (Å²) >= 11 is 0. The molecule has 2 aromatic rings. The number of hydrogen-bond acceptors (Lipinski definition) is 1. The van der Waals surface area contributed by atoms with Crippen molar-refractivity contribution in [3.8, 4) is 11.5 Å². The first kappa shape index (κ1) is 10.4. The van der Waals surface area contributed by atoms with Gasteiger partial charge in [-0.1, -0.05) is 18.2 Å². The van der Waals surface area contributed by atoms with Crippen LogP contribution in [0.15, 0.2) is 42.5 Å². The first-order valence-electron chi connectivity index (χ1n) is 6.17. The van der Waals surface area contributed by atoms with Crippen molar-refractivity contribution in [2.24, 2.45) is 0 Å². The highest BCUT2D eigenvalue weighted by molar-refractivity contribution is 5.39. The molecule has 1 aliphatic rings. The predicted octanol–water partition coefficient (Wildman–Crippen LogP) is 4.16. The average molecular weight is 223 g/mol. The van der Waals surface area contributed by atoms with Gasteiger partial charge in [-0.3, -0.25) is 0 Å². The molecule has 0 saturated carbocycles. The monoisotopic (exact) mass is 223 g/mol. The minimum Gasteiger partial charge on any atom is -0.457 e. The van der Waals surface area contributed by atoms with Crippen LogP contribution < -0.4 is 4.74 Å². The van der Waals surface area contributed by atoms with E-state index in [2.05, 4.69) is 24.3 Å². The van der Waals surface area contributed by atoms with Gasteiger partial charge in [-0.2, -0.15) is 0 Å². The van der Waals surface area contributed by atoms with E-state index in [1.165, 1.54) is 36.8 Å². The molecule has 3 rings (SSSR count). The van der Waals surface area contributed by atoms with Crippen LogP contribution in [-0.4, -0.2) is 0 Å². The Labute approximate surface area is 102 Å². The molecular weight excluding hydrogens is 208 g/mol. The second-order valence-corrected chi connectivity index (χ2v) is 4.48. The van der Waals surface area contributed by atoms with Crippen LogP contribution in [0, 0.1) is 6.07 Å². The molecule has 0 spiro atoms. The summed E-state index contributed by atoms with van der Waals surface area (Å²) in [5, 5.41) is 0. The Morgan fingerprint density at radius 1 is 0.824 bits per heavy atom. The molecule has 0 aliphatic heterocycles. The van der Waals surface area contributed by atoms with E-state index in [0.29, 0.717) is 0 Å². The van der Waals surface area contributed by atoms with Gasteiger partial charge in [-0.15, -0.1) is 0 Å². The van der Waals surface area contributed by atoms with Crippen LogP contribution in [0.25, 0.3) is 0 Å². The number of ether oxygens (including phenoxy) is 1. The lowest BCUT2D eigenvalue weighted by Crippen LogP contribution is -2.02. The van der Waals surface area contributed by atoms with Gasteiger partial charge in [0.2, 0.25) is 0 Å². The molecule has 0 N–H and O–H groups in total. The Morgan fingerprint density at radius 3 is 2.41 bits per heavy atom. The molecule has 0 unspecified atom stereocenters. The fourth-order valence-corrected chi connectivity index (χ4v) is 2.35. The minimum absolute atomic E-state index is 0.875. The zero-order valence-corrected chi connectivity index (χ0v) is 9.78. The van der Waals surface area contributed by atoms with Gasteiger partial charge in [-0.25, -0.2) is 0 Å². The van der Waals surface area contributed by atoms with Crippen LogP contribution in [0.4, 0.5) is 0 Å². The van der Waals surface area contributed by atoms with Gasteiger partial charge in [0.1, 0.15) is 11.5 Å². The Balaban J connectivity index is 1.84. The quantitative estimate of drug-likeness (QED) is 0.742.